The molecule has 0 saturated heterocycles. The van der Waals surface area contributed by atoms with Crippen molar-refractivity contribution in [3.05, 3.63) is 93.0 Å². The van der Waals surface area contributed by atoms with Gasteiger partial charge in [0.25, 0.3) is 11.7 Å². The van der Waals surface area contributed by atoms with E-state index in [9.17, 15) is 19.7 Å². The van der Waals surface area contributed by atoms with Crippen LogP contribution in [0.25, 0.3) is 11.0 Å². The number of nitrogens with zero attached hydrogens (tertiary/aromatic N) is 2. The number of rotatable bonds is 3. The number of carbonyl (C=O) groups is 2. The largest absolute Gasteiger partial charge is 0.425 e. The highest BCUT2D eigenvalue weighted by atomic mass is 16.6. The van der Waals surface area contributed by atoms with Crippen LogP contribution in [0.5, 0.6) is 11.8 Å². The molecule has 1 aromatic heterocycles. The molecule has 8 nitrogen and oxygen atoms in total. The first kappa shape index (κ1) is 16.8. The number of H-pyrrole nitrogens is 1. The van der Waals surface area contributed by atoms with Gasteiger partial charge in [-0.1, -0.05) is 36.4 Å². The number of aromatic amines is 1. The van der Waals surface area contributed by atoms with Gasteiger partial charge in [-0.25, -0.2) is 0 Å². The number of nitro groups is 1. The Hall–Kier alpha value is -4.33. The summed E-state index contributed by atoms with van der Waals surface area (Å²) in [6.45, 7) is 0. The normalized spacial score (nSPS) is 12.6. The van der Waals surface area contributed by atoms with Crippen molar-refractivity contribution in [2.45, 2.75) is 0 Å². The third-order valence-electron chi connectivity index (χ3n) is 4.78. The number of nitro benzene ring substituents is 1. The smallest absolute Gasteiger partial charge is 0.300 e. The van der Waals surface area contributed by atoms with Crippen molar-refractivity contribution in [1.29, 1.82) is 0 Å². The van der Waals surface area contributed by atoms with E-state index in [1.54, 1.807) is 42.5 Å². The Kier molecular flexibility index (Phi) is 3.53. The molecule has 1 aliphatic carbocycles. The van der Waals surface area contributed by atoms with Gasteiger partial charge in [-0.15, -0.1) is 0 Å². The maximum absolute atomic E-state index is 13.0. The zero-order valence-electron chi connectivity index (χ0n) is 14.7. The third-order valence-corrected chi connectivity index (χ3v) is 4.78. The van der Waals surface area contributed by atoms with Gasteiger partial charge in [0.1, 0.15) is 5.75 Å². The third kappa shape index (κ3) is 2.58. The number of benzene rings is 3. The van der Waals surface area contributed by atoms with E-state index in [-0.39, 0.29) is 40.1 Å². The molecule has 1 heterocycles. The number of aromatic nitrogens is 2. The molecule has 0 unspecified atom stereocenters. The van der Waals surface area contributed by atoms with Crippen molar-refractivity contribution in [3.63, 3.8) is 0 Å². The Morgan fingerprint density at radius 2 is 1.62 bits per heavy atom. The number of imidazole rings is 1. The minimum atomic E-state index is -0.504. The van der Waals surface area contributed by atoms with Gasteiger partial charge in [-0.3, -0.25) is 19.7 Å². The number of hydrogen-bond donors (Lipinski definition) is 1. The fraction of sp³-hybridized carbons (Fsp3) is 0. The summed E-state index contributed by atoms with van der Waals surface area (Å²) in [5.41, 5.74) is 1.93. The average Bonchev–Trinajstić information content (AvgIpc) is 3.13. The van der Waals surface area contributed by atoms with Crippen LogP contribution in [0.1, 0.15) is 31.8 Å². The van der Waals surface area contributed by atoms with Gasteiger partial charge >= 0.3 is 0 Å². The summed E-state index contributed by atoms with van der Waals surface area (Å²) in [5, 5.41) is 10.9. The summed E-state index contributed by atoms with van der Waals surface area (Å²) in [6.07, 6.45) is 0. The molecule has 4 aromatic rings. The molecule has 0 bridgehead atoms. The van der Waals surface area contributed by atoms with Gasteiger partial charge in [-0.2, -0.15) is 4.98 Å². The molecule has 29 heavy (non-hydrogen) atoms. The lowest BCUT2D eigenvalue weighted by atomic mass is 9.84. The van der Waals surface area contributed by atoms with Crippen molar-refractivity contribution < 1.29 is 19.2 Å². The predicted octanol–water partition coefficient (Wildman–Crippen LogP) is 4.04. The Labute approximate surface area is 162 Å². The molecule has 5 rings (SSSR count). The van der Waals surface area contributed by atoms with Crippen molar-refractivity contribution >= 4 is 28.3 Å². The van der Waals surface area contributed by atoms with E-state index in [0.717, 1.165) is 0 Å². The van der Waals surface area contributed by atoms with Crippen molar-refractivity contribution in [1.82, 2.24) is 9.97 Å². The molecule has 3 aromatic carbocycles. The number of carbonyl (C=O) groups excluding carboxylic acids is 2. The van der Waals surface area contributed by atoms with Gasteiger partial charge < -0.3 is 9.72 Å². The maximum Gasteiger partial charge on any atom is 0.300 e. The number of ketones is 2. The molecule has 0 aliphatic heterocycles. The quantitative estimate of drug-likeness (QED) is 0.370. The number of fused-ring (bicyclic) bond motifs is 3. The molecule has 1 N–H and O–H groups in total. The van der Waals surface area contributed by atoms with Crippen molar-refractivity contribution in [2.75, 3.05) is 0 Å². The van der Waals surface area contributed by atoms with E-state index >= 15 is 0 Å². The van der Waals surface area contributed by atoms with E-state index in [0.29, 0.717) is 22.2 Å². The van der Waals surface area contributed by atoms with Crippen LogP contribution in [-0.4, -0.2) is 26.5 Å². The second kappa shape index (κ2) is 6.10. The van der Waals surface area contributed by atoms with Gasteiger partial charge in [0.15, 0.2) is 11.6 Å². The van der Waals surface area contributed by atoms with E-state index in [1.165, 1.54) is 18.2 Å². The van der Waals surface area contributed by atoms with E-state index < -0.39 is 4.92 Å². The van der Waals surface area contributed by atoms with Crippen LogP contribution in [0.15, 0.2) is 60.7 Å². The van der Waals surface area contributed by atoms with Crippen LogP contribution in [0.2, 0.25) is 0 Å². The lowest BCUT2D eigenvalue weighted by Gasteiger charge is -2.19. The molecule has 0 fully saturated rings. The lowest BCUT2D eigenvalue weighted by molar-refractivity contribution is -0.384. The van der Waals surface area contributed by atoms with Crippen LogP contribution in [0.4, 0.5) is 5.69 Å². The number of non-ortho nitro benzene ring substituents is 1. The SMILES string of the molecule is O=C1c2ccccc2C(=O)c2c(Oc3nc4ccc([N+](=O)[O-])cc4[nH]3)cccc21. The Morgan fingerprint density at radius 3 is 2.38 bits per heavy atom. The summed E-state index contributed by atoms with van der Waals surface area (Å²) in [7, 11) is 0. The zero-order chi connectivity index (χ0) is 20.1. The molecule has 140 valence electrons. The summed E-state index contributed by atoms with van der Waals surface area (Å²) in [5.74, 6) is -0.373. The van der Waals surface area contributed by atoms with Crippen molar-refractivity contribution in [2.24, 2.45) is 0 Å². The standard InChI is InChI=1S/C21H11N3O5/c25-19-12-4-1-2-5-13(12)20(26)18-14(19)6-3-7-17(18)29-21-22-15-9-8-11(24(27)28)10-16(15)23-21/h1-10H,(H,22,23). The first-order valence-corrected chi connectivity index (χ1v) is 8.66. The number of hydrogen-bond acceptors (Lipinski definition) is 6. The first-order valence-electron chi connectivity index (χ1n) is 8.66. The summed E-state index contributed by atoms with van der Waals surface area (Å²) in [4.78, 5) is 43.4. The number of ether oxygens (including phenoxy) is 1. The molecule has 0 atom stereocenters. The van der Waals surface area contributed by atoms with E-state index in [1.807, 2.05) is 0 Å². The lowest BCUT2D eigenvalue weighted by Crippen LogP contribution is -2.21. The molecule has 1 aliphatic rings. The highest BCUT2D eigenvalue weighted by Gasteiger charge is 2.32. The zero-order valence-corrected chi connectivity index (χ0v) is 14.7. The van der Waals surface area contributed by atoms with E-state index in [2.05, 4.69) is 9.97 Å². The van der Waals surface area contributed by atoms with Crippen LogP contribution >= 0.6 is 0 Å². The topological polar surface area (TPSA) is 115 Å². The van der Waals surface area contributed by atoms with E-state index in [4.69, 9.17) is 4.74 Å². The minimum absolute atomic E-state index is 0.0630. The minimum Gasteiger partial charge on any atom is -0.425 e. The molecule has 0 spiro atoms. The summed E-state index contributed by atoms with van der Waals surface area (Å²) >= 11 is 0. The summed E-state index contributed by atoms with van der Waals surface area (Å²) in [6, 6.07) is 15.7. The Balaban J connectivity index is 1.59. The molecule has 0 radical (unpaired) electrons. The molecule has 0 saturated carbocycles. The molecule has 0 amide bonds. The van der Waals surface area contributed by atoms with Gasteiger partial charge in [0.2, 0.25) is 0 Å². The van der Waals surface area contributed by atoms with Crippen LogP contribution in [0.3, 0.4) is 0 Å². The predicted molar refractivity (Wildman–Crippen MR) is 103 cm³/mol. The second-order valence-electron chi connectivity index (χ2n) is 6.49. The molecular formula is C21H11N3O5. The number of nitrogens with one attached hydrogen (secondary N) is 1. The average molecular weight is 385 g/mol. The monoisotopic (exact) mass is 385 g/mol. The van der Waals surface area contributed by atoms with Crippen LogP contribution in [0, 0.1) is 10.1 Å². The molecular weight excluding hydrogens is 374 g/mol. The van der Waals surface area contributed by atoms with Crippen LogP contribution < -0.4 is 4.74 Å². The van der Waals surface area contributed by atoms with Crippen molar-refractivity contribution in [3.8, 4) is 11.8 Å². The highest BCUT2D eigenvalue weighted by molar-refractivity contribution is 6.29. The first-order chi connectivity index (χ1) is 14.0. The Morgan fingerprint density at radius 1 is 0.897 bits per heavy atom. The maximum atomic E-state index is 13.0. The molecule has 8 heteroatoms. The Bertz CT molecular complexity index is 1360. The second-order valence-corrected chi connectivity index (χ2v) is 6.49. The van der Waals surface area contributed by atoms with Gasteiger partial charge in [0, 0.05) is 28.8 Å². The van der Waals surface area contributed by atoms with Crippen LogP contribution in [-0.2, 0) is 0 Å². The van der Waals surface area contributed by atoms with Gasteiger partial charge in [-0.05, 0) is 12.1 Å². The fourth-order valence-electron chi connectivity index (χ4n) is 3.44. The fourth-order valence-corrected chi connectivity index (χ4v) is 3.44. The highest BCUT2D eigenvalue weighted by Crippen LogP contribution is 2.35. The van der Waals surface area contributed by atoms with Gasteiger partial charge in [0.05, 0.1) is 21.5 Å². The summed E-state index contributed by atoms with van der Waals surface area (Å²) < 4.78 is 5.79.